The summed E-state index contributed by atoms with van der Waals surface area (Å²) < 4.78 is 0. The number of pyridine rings is 1. The predicted octanol–water partition coefficient (Wildman–Crippen LogP) is -0.288. The molecule has 1 aliphatic heterocycles. The highest BCUT2D eigenvalue weighted by Gasteiger charge is 2.20. The molecule has 0 bridgehead atoms. The van der Waals surface area contributed by atoms with Crippen LogP contribution < -0.4 is 10.6 Å². The van der Waals surface area contributed by atoms with Crippen LogP contribution in [0.2, 0.25) is 0 Å². The molecule has 4 heteroatoms. The fourth-order valence-electron chi connectivity index (χ4n) is 1.57. The molecule has 1 aliphatic rings. The second kappa shape index (κ2) is 4.19. The van der Waals surface area contributed by atoms with Gasteiger partial charge in [0, 0.05) is 25.5 Å². The first-order valence-electron chi connectivity index (χ1n) is 4.76. The largest absolute Gasteiger partial charge is 0.353 e. The van der Waals surface area contributed by atoms with E-state index in [0.717, 1.165) is 25.1 Å². The van der Waals surface area contributed by atoms with Gasteiger partial charge in [0.1, 0.15) is 0 Å². The lowest BCUT2D eigenvalue weighted by molar-refractivity contribution is -0.124. The lowest BCUT2D eigenvalue weighted by Crippen LogP contribution is -2.53. The van der Waals surface area contributed by atoms with Crippen LogP contribution in [0.5, 0.6) is 0 Å². The number of hydrogen-bond donors (Lipinski definition) is 2. The molecule has 0 spiro atoms. The fourth-order valence-corrected chi connectivity index (χ4v) is 1.57. The number of nitrogens with one attached hydrogen (secondary N) is 2. The van der Waals surface area contributed by atoms with Crippen LogP contribution in [0.4, 0.5) is 0 Å². The van der Waals surface area contributed by atoms with Crippen LogP contribution in [-0.4, -0.2) is 30.0 Å². The molecule has 74 valence electrons. The molecule has 2 rings (SSSR count). The summed E-state index contributed by atoms with van der Waals surface area (Å²) in [5, 5.41) is 6.02. The van der Waals surface area contributed by atoms with Gasteiger partial charge in [0.25, 0.3) is 0 Å². The monoisotopic (exact) mass is 191 g/mol. The molecule has 1 atom stereocenters. The minimum Gasteiger partial charge on any atom is -0.353 e. The molecule has 1 fully saturated rings. The maximum absolute atomic E-state index is 11.4. The Labute approximate surface area is 82.7 Å². The third-order valence-corrected chi connectivity index (χ3v) is 2.32. The van der Waals surface area contributed by atoms with Gasteiger partial charge < -0.3 is 10.6 Å². The van der Waals surface area contributed by atoms with Gasteiger partial charge in [0.05, 0.1) is 6.04 Å². The first kappa shape index (κ1) is 9.15. The summed E-state index contributed by atoms with van der Waals surface area (Å²) in [5.41, 5.74) is 1.13. The Morgan fingerprint density at radius 2 is 2.14 bits per heavy atom. The van der Waals surface area contributed by atoms with E-state index in [1.54, 1.807) is 12.4 Å². The fraction of sp³-hybridized carbons (Fsp3) is 0.400. The Morgan fingerprint density at radius 3 is 2.86 bits per heavy atom. The first-order valence-corrected chi connectivity index (χ1v) is 4.76. The summed E-state index contributed by atoms with van der Waals surface area (Å²) in [6.45, 7) is 1.58. The van der Waals surface area contributed by atoms with E-state index in [4.69, 9.17) is 0 Å². The minimum absolute atomic E-state index is 0.0908. The Morgan fingerprint density at radius 1 is 1.36 bits per heavy atom. The van der Waals surface area contributed by atoms with Gasteiger partial charge in [-0.1, -0.05) is 0 Å². The molecule has 0 unspecified atom stereocenters. The van der Waals surface area contributed by atoms with Gasteiger partial charge in [-0.2, -0.15) is 0 Å². The number of carbonyl (C=O) groups is 1. The second-order valence-electron chi connectivity index (χ2n) is 3.36. The van der Waals surface area contributed by atoms with Gasteiger partial charge in [0.2, 0.25) is 5.91 Å². The molecule has 1 aromatic rings. The molecule has 0 saturated carbocycles. The molecular formula is C10H13N3O. The second-order valence-corrected chi connectivity index (χ2v) is 3.36. The number of hydrogen-bond acceptors (Lipinski definition) is 3. The third kappa shape index (κ3) is 2.09. The van der Waals surface area contributed by atoms with Gasteiger partial charge in [-0.15, -0.1) is 0 Å². The van der Waals surface area contributed by atoms with E-state index in [1.807, 2.05) is 12.1 Å². The van der Waals surface area contributed by atoms with Crippen LogP contribution in [0, 0.1) is 0 Å². The summed E-state index contributed by atoms with van der Waals surface area (Å²) in [6.07, 6.45) is 4.22. The summed E-state index contributed by atoms with van der Waals surface area (Å²) in [7, 11) is 0. The van der Waals surface area contributed by atoms with E-state index in [2.05, 4.69) is 15.6 Å². The molecule has 0 radical (unpaired) electrons. The van der Waals surface area contributed by atoms with Crippen molar-refractivity contribution in [2.75, 3.05) is 13.1 Å². The van der Waals surface area contributed by atoms with Gasteiger partial charge in [-0.05, 0) is 24.1 Å². The lowest BCUT2D eigenvalue weighted by Gasteiger charge is -2.23. The highest BCUT2D eigenvalue weighted by atomic mass is 16.2. The zero-order valence-electron chi connectivity index (χ0n) is 7.86. The maximum Gasteiger partial charge on any atom is 0.237 e. The van der Waals surface area contributed by atoms with E-state index >= 15 is 0 Å². The summed E-state index contributed by atoms with van der Waals surface area (Å²) in [5.74, 6) is 0.0908. The summed E-state index contributed by atoms with van der Waals surface area (Å²) in [4.78, 5) is 15.3. The van der Waals surface area contributed by atoms with Gasteiger partial charge in [-0.25, -0.2) is 0 Å². The van der Waals surface area contributed by atoms with Crippen LogP contribution in [0.15, 0.2) is 24.5 Å². The topological polar surface area (TPSA) is 54.0 Å². The van der Waals surface area contributed by atoms with Crippen LogP contribution in [0.3, 0.4) is 0 Å². The van der Waals surface area contributed by atoms with Crippen molar-refractivity contribution in [1.29, 1.82) is 0 Å². The number of aromatic nitrogens is 1. The minimum atomic E-state index is -0.0915. The first-order chi connectivity index (χ1) is 6.86. The number of piperazine rings is 1. The van der Waals surface area contributed by atoms with E-state index in [0.29, 0.717) is 0 Å². The van der Waals surface area contributed by atoms with E-state index < -0.39 is 0 Å². The van der Waals surface area contributed by atoms with E-state index in [9.17, 15) is 4.79 Å². The third-order valence-electron chi connectivity index (χ3n) is 2.32. The van der Waals surface area contributed by atoms with Crippen LogP contribution in [-0.2, 0) is 11.2 Å². The predicted molar refractivity (Wildman–Crippen MR) is 52.7 cm³/mol. The van der Waals surface area contributed by atoms with Gasteiger partial charge in [-0.3, -0.25) is 9.78 Å². The maximum atomic E-state index is 11.4. The van der Waals surface area contributed by atoms with Crippen LogP contribution in [0.25, 0.3) is 0 Å². The number of rotatable bonds is 2. The molecule has 0 aliphatic carbocycles. The van der Waals surface area contributed by atoms with Gasteiger partial charge in [0.15, 0.2) is 0 Å². The van der Waals surface area contributed by atoms with Crippen molar-refractivity contribution >= 4 is 5.91 Å². The normalized spacial score (nSPS) is 21.7. The van der Waals surface area contributed by atoms with Crippen LogP contribution in [0.1, 0.15) is 5.56 Å². The zero-order valence-corrected chi connectivity index (χ0v) is 7.86. The van der Waals surface area contributed by atoms with E-state index in [1.165, 1.54) is 0 Å². The van der Waals surface area contributed by atoms with Crippen LogP contribution >= 0.6 is 0 Å². The average Bonchev–Trinajstić information content (AvgIpc) is 2.23. The summed E-state index contributed by atoms with van der Waals surface area (Å²) in [6, 6.07) is 3.78. The van der Waals surface area contributed by atoms with Gasteiger partial charge >= 0.3 is 0 Å². The molecule has 1 saturated heterocycles. The summed E-state index contributed by atoms with van der Waals surface area (Å²) >= 11 is 0. The van der Waals surface area contributed by atoms with E-state index in [-0.39, 0.29) is 11.9 Å². The van der Waals surface area contributed by atoms with Crippen molar-refractivity contribution in [1.82, 2.24) is 15.6 Å². The number of amides is 1. The Kier molecular flexibility index (Phi) is 2.74. The van der Waals surface area contributed by atoms with Crippen molar-refractivity contribution < 1.29 is 4.79 Å². The SMILES string of the molecule is O=C1NCCN[C@@H]1Cc1ccncc1. The highest BCUT2D eigenvalue weighted by Crippen LogP contribution is 2.03. The quantitative estimate of drug-likeness (QED) is 0.675. The highest BCUT2D eigenvalue weighted by molar-refractivity contribution is 5.82. The smallest absolute Gasteiger partial charge is 0.237 e. The van der Waals surface area contributed by atoms with Crippen molar-refractivity contribution in [3.63, 3.8) is 0 Å². The molecule has 2 heterocycles. The zero-order chi connectivity index (χ0) is 9.80. The molecular weight excluding hydrogens is 178 g/mol. The molecule has 2 N–H and O–H groups in total. The Balaban J connectivity index is 2.00. The lowest BCUT2D eigenvalue weighted by atomic mass is 10.1. The molecule has 1 aromatic heterocycles. The Bertz CT molecular complexity index is 312. The molecule has 14 heavy (non-hydrogen) atoms. The standard InChI is InChI=1S/C10H13N3O/c14-10-9(12-5-6-13-10)7-8-1-3-11-4-2-8/h1-4,9,12H,5-7H2,(H,13,14)/t9-/m1/s1. The average molecular weight is 191 g/mol. The molecule has 4 nitrogen and oxygen atoms in total. The van der Waals surface area contributed by atoms with Crippen molar-refractivity contribution in [3.8, 4) is 0 Å². The van der Waals surface area contributed by atoms with Crippen molar-refractivity contribution in [2.24, 2.45) is 0 Å². The number of carbonyl (C=O) groups excluding carboxylic acids is 1. The Hall–Kier alpha value is -1.42. The van der Waals surface area contributed by atoms with Crippen molar-refractivity contribution in [3.05, 3.63) is 30.1 Å². The molecule has 1 amide bonds. The van der Waals surface area contributed by atoms with Crippen molar-refractivity contribution in [2.45, 2.75) is 12.5 Å². The number of nitrogens with zero attached hydrogens (tertiary/aromatic N) is 1. The molecule has 0 aromatic carbocycles.